The predicted octanol–water partition coefficient (Wildman–Crippen LogP) is 5.00. The van der Waals surface area contributed by atoms with Crippen molar-refractivity contribution in [3.63, 3.8) is 0 Å². The molecule has 0 atom stereocenters. The summed E-state index contributed by atoms with van der Waals surface area (Å²) in [6.07, 6.45) is 1.92. The Morgan fingerprint density at radius 3 is 2.62 bits per heavy atom. The number of nitrogens with one attached hydrogen (secondary N) is 1. The van der Waals surface area contributed by atoms with Gasteiger partial charge >= 0.3 is 0 Å². The molecule has 0 unspecified atom stereocenters. The van der Waals surface area contributed by atoms with Crippen LogP contribution in [-0.2, 0) is 0 Å². The van der Waals surface area contributed by atoms with Crippen LogP contribution >= 0.6 is 23.1 Å². The number of nitrogens with zero attached hydrogens (tertiary/aromatic N) is 2. The monoisotopic (exact) mass is 385 g/mol. The van der Waals surface area contributed by atoms with Crippen molar-refractivity contribution in [2.75, 3.05) is 11.6 Å². The average Bonchev–Trinajstić information content (AvgIpc) is 3.05. The van der Waals surface area contributed by atoms with Crippen LogP contribution in [0.15, 0.2) is 52.9 Å². The number of thioether (sulfide) groups is 1. The fraction of sp³-hybridized carbons (Fsp3) is 0.111. The maximum atomic E-state index is 12.6. The number of carbonyl (C=O) groups excluding carboxylic acids is 1. The van der Waals surface area contributed by atoms with Crippen molar-refractivity contribution in [1.82, 2.24) is 4.98 Å². The fourth-order valence-electron chi connectivity index (χ4n) is 2.39. The summed E-state index contributed by atoms with van der Waals surface area (Å²) < 4.78 is 0.828. The van der Waals surface area contributed by atoms with E-state index in [0.717, 1.165) is 9.90 Å². The van der Waals surface area contributed by atoms with Crippen molar-refractivity contribution in [2.45, 2.75) is 11.3 Å². The molecule has 132 valence electrons. The zero-order chi connectivity index (χ0) is 18.7. The number of nitro groups is 1. The van der Waals surface area contributed by atoms with Gasteiger partial charge in [-0.3, -0.25) is 14.9 Å². The highest BCUT2D eigenvalue weighted by Gasteiger charge is 2.19. The Balaban J connectivity index is 1.94. The fourth-order valence-corrected chi connectivity index (χ4v) is 3.87. The van der Waals surface area contributed by atoms with Crippen LogP contribution in [0.1, 0.15) is 15.9 Å². The summed E-state index contributed by atoms with van der Waals surface area (Å²) in [5, 5.41) is 14.6. The summed E-state index contributed by atoms with van der Waals surface area (Å²) >= 11 is 2.87. The first-order valence-electron chi connectivity index (χ1n) is 7.66. The van der Waals surface area contributed by atoms with E-state index in [9.17, 15) is 14.9 Å². The summed E-state index contributed by atoms with van der Waals surface area (Å²) in [5.41, 5.74) is 2.26. The van der Waals surface area contributed by atoms with Gasteiger partial charge in [-0.2, -0.15) is 0 Å². The third kappa shape index (κ3) is 3.76. The molecule has 0 aliphatic heterocycles. The quantitative estimate of drug-likeness (QED) is 0.379. The first-order valence-corrected chi connectivity index (χ1v) is 9.70. The molecule has 1 amide bonds. The lowest BCUT2D eigenvalue weighted by atomic mass is 10.1. The van der Waals surface area contributed by atoms with E-state index in [1.165, 1.54) is 29.2 Å². The lowest BCUT2D eigenvalue weighted by Gasteiger charge is -2.06. The summed E-state index contributed by atoms with van der Waals surface area (Å²) in [7, 11) is 0. The Labute approximate surface area is 158 Å². The highest BCUT2D eigenvalue weighted by Crippen LogP contribution is 2.37. The van der Waals surface area contributed by atoms with Crippen molar-refractivity contribution in [3.05, 3.63) is 69.8 Å². The molecule has 3 aromatic rings. The molecule has 8 heteroatoms. The number of rotatable bonds is 5. The molecular weight excluding hydrogens is 370 g/mol. The molecule has 0 radical (unpaired) electrons. The van der Waals surface area contributed by atoms with Gasteiger partial charge in [0.25, 0.3) is 11.6 Å². The topological polar surface area (TPSA) is 85.1 Å². The van der Waals surface area contributed by atoms with Gasteiger partial charge in [0.1, 0.15) is 10.7 Å². The van der Waals surface area contributed by atoms with Gasteiger partial charge in [-0.25, -0.2) is 4.98 Å². The van der Waals surface area contributed by atoms with E-state index in [4.69, 9.17) is 0 Å². The highest BCUT2D eigenvalue weighted by molar-refractivity contribution is 8.00. The molecule has 0 saturated heterocycles. The predicted molar refractivity (Wildman–Crippen MR) is 105 cm³/mol. The molecule has 0 aliphatic carbocycles. The van der Waals surface area contributed by atoms with Gasteiger partial charge in [0.15, 0.2) is 4.34 Å². The number of carbonyl (C=O) groups is 1. The van der Waals surface area contributed by atoms with Crippen molar-refractivity contribution in [3.8, 4) is 11.3 Å². The number of aromatic nitrogens is 1. The first-order chi connectivity index (χ1) is 12.5. The largest absolute Gasteiger partial charge is 0.312 e. The van der Waals surface area contributed by atoms with Crippen molar-refractivity contribution in [2.24, 2.45) is 0 Å². The number of amides is 1. The van der Waals surface area contributed by atoms with Crippen molar-refractivity contribution >= 4 is 39.7 Å². The van der Waals surface area contributed by atoms with E-state index in [-0.39, 0.29) is 11.3 Å². The van der Waals surface area contributed by atoms with Crippen LogP contribution in [0.2, 0.25) is 0 Å². The number of benzene rings is 2. The van der Waals surface area contributed by atoms with Gasteiger partial charge in [0, 0.05) is 22.8 Å². The standard InChI is InChI=1S/C18H15N3O3S2/c1-11-8-9-13(10-14(11)21(23)24)16(22)20-17-15(19-18(25-2)26-17)12-6-4-3-5-7-12/h3-10H,1-2H3,(H,20,22). The minimum absolute atomic E-state index is 0.0740. The zero-order valence-corrected chi connectivity index (χ0v) is 15.7. The summed E-state index contributed by atoms with van der Waals surface area (Å²) in [4.78, 5) is 27.8. The third-order valence-corrected chi connectivity index (χ3v) is 5.68. The Morgan fingerprint density at radius 2 is 1.96 bits per heavy atom. The van der Waals surface area contributed by atoms with E-state index < -0.39 is 10.8 Å². The van der Waals surface area contributed by atoms with Gasteiger partial charge in [-0.1, -0.05) is 59.5 Å². The molecule has 0 fully saturated rings. The molecule has 0 aliphatic rings. The van der Waals surface area contributed by atoms with Gasteiger partial charge in [0.2, 0.25) is 0 Å². The molecule has 26 heavy (non-hydrogen) atoms. The van der Waals surface area contributed by atoms with E-state index in [1.807, 2.05) is 36.6 Å². The second kappa shape index (κ2) is 7.67. The van der Waals surface area contributed by atoms with Crippen molar-refractivity contribution < 1.29 is 9.72 Å². The van der Waals surface area contributed by atoms with Crippen LogP contribution in [-0.4, -0.2) is 22.1 Å². The maximum Gasteiger partial charge on any atom is 0.273 e. The number of thiazole rings is 1. The minimum atomic E-state index is -0.486. The lowest BCUT2D eigenvalue weighted by molar-refractivity contribution is -0.385. The third-order valence-electron chi connectivity index (χ3n) is 3.72. The Morgan fingerprint density at radius 1 is 1.23 bits per heavy atom. The number of aryl methyl sites for hydroxylation is 1. The van der Waals surface area contributed by atoms with E-state index >= 15 is 0 Å². The Hall–Kier alpha value is -2.71. The van der Waals surface area contributed by atoms with Gasteiger partial charge < -0.3 is 5.32 Å². The minimum Gasteiger partial charge on any atom is -0.312 e. The SMILES string of the molecule is CSc1nc(-c2ccccc2)c(NC(=O)c2ccc(C)c([N+](=O)[O-])c2)s1. The number of anilines is 1. The van der Waals surface area contributed by atoms with Crippen LogP contribution < -0.4 is 5.32 Å². The highest BCUT2D eigenvalue weighted by atomic mass is 32.2. The molecular formula is C18H15N3O3S2. The van der Waals surface area contributed by atoms with E-state index in [1.54, 1.807) is 19.1 Å². The normalized spacial score (nSPS) is 10.5. The molecule has 1 N–H and O–H groups in total. The van der Waals surface area contributed by atoms with Gasteiger partial charge in [-0.15, -0.1) is 0 Å². The molecule has 0 spiro atoms. The molecule has 2 aromatic carbocycles. The smallest absolute Gasteiger partial charge is 0.273 e. The molecule has 1 heterocycles. The second-order valence-electron chi connectivity index (χ2n) is 5.44. The van der Waals surface area contributed by atoms with Crippen LogP contribution in [0.25, 0.3) is 11.3 Å². The lowest BCUT2D eigenvalue weighted by Crippen LogP contribution is -2.12. The summed E-state index contributed by atoms with van der Waals surface area (Å²) in [6, 6.07) is 14.0. The molecule has 0 bridgehead atoms. The van der Waals surface area contributed by atoms with E-state index in [0.29, 0.717) is 16.3 Å². The molecule has 3 rings (SSSR count). The van der Waals surface area contributed by atoms with Gasteiger partial charge in [0.05, 0.1) is 4.92 Å². The molecule has 0 saturated carbocycles. The number of hydrogen-bond acceptors (Lipinski definition) is 6. The first kappa shape index (κ1) is 18.1. The van der Waals surface area contributed by atoms with Crippen LogP contribution in [0.4, 0.5) is 10.7 Å². The molecule has 1 aromatic heterocycles. The van der Waals surface area contributed by atoms with Crippen LogP contribution in [0, 0.1) is 17.0 Å². The molecule has 6 nitrogen and oxygen atoms in total. The van der Waals surface area contributed by atoms with Gasteiger partial charge in [-0.05, 0) is 19.2 Å². The second-order valence-corrected chi connectivity index (χ2v) is 7.49. The number of nitro benzene ring substituents is 1. The summed E-state index contributed by atoms with van der Waals surface area (Å²) in [5.74, 6) is -0.401. The maximum absolute atomic E-state index is 12.6. The Kier molecular flexibility index (Phi) is 5.34. The van der Waals surface area contributed by atoms with Crippen molar-refractivity contribution in [1.29, 1.82) is 0 Å². The average molecular weight is 385 g/mol. The Bertz CT molecular complexity index is 971. The summed E-state index contributed by atoms with van der Waals surface area (Å²) in [6.45, 7) is 1.64. The van der Waals surface area contributed by atoms with Crippen LogP contribution in [0.5, 0.6) is 0 Å². The van der Waals surface area contributed by atoms with Crippen LogP contribution in [0.3, 0.4) is 0 Å². The zero-order valence-electron chi connectivity index (χ0n) is 14.1. The number of hydrogen-bond donors (Lipinski definition) is 1. The van der Waals surface area contributed by atoms with E-state index in [2.05, 4.69) is 10.3 Å².